The van der Waals surface area contributed by atoms with Crippen molar-refractivity contribution in [3.8, 4) is 11.1 Å². The van der Waals surface area contributed by atoms with E-state index >= 15 is 0 Å². The van der Waals surface area contributed by atoms with Crippen molar-refractivity contribution in [1.29, 1.82) is 0 Å². The van der Waals surface area contributed by atoms with Crippen LogP contribution in [0.5, 0.6) is 0 Å². The topological polar surface area (TPSA) is 59.0 Å². The molecule has 0 saturated carbocycles. The van der Waals surface area contributed by atoms with Gasteiger partial charge in [-0.2, -0.15) is 0 Å². The van der Waals surface area contributed by atoms with Crippen LogP contribution >= 0.6 is 0 Å². The number of aryl methyl sites for hydroxylation is 1. The summed E-state index contributed by atoms with van der Waals surface area (Å²) in [7, 11) is 1.92. The molecule has 1 aromatic heterocycles. The minimum atomic E-state index is 0.0202. The molecule has 0 aliphatic carbocycles. The first-order valence-corrected chi connectivity index (χ1v) is 10.3. The molecule has 5 nitrogen and oxygen atoms in total. The van der Waals surface area contributed by atoms with Gasteiger partial charge >= 0.3 is 0 Å². The summed E-state index contributed by atoms with van der Waals surface area (Å²) in [5.41, 5.74) is 5.88. The SMILES string of the molecule is Cn1cncc1CNC(=O)Cc1ccc(-c2cccc(C3CCNCC3)c2)cc1. The molecule has 4 rings (SSSR count). The summed E-state index contributed by atoms with van der Waals surface area (Å²) in [4.78, 5) is 16.3. The molecular formula is C24H28N4O. The van der Waals surface area contributed by atoms with Crippen LogP contribution in [-0.2, 0) is 24.8 Å². The van der Waals surface area contributed by atoms with Crippen molar-refractivity contribution in [3.05, 3.63) is 77.9 Å². The zero-order valence-corrected chi connectivity index (χ0v) is 16.9. The number of hydrogen-bond donors (Lipinski definition) is 2. The zero-order chi connectivity index (χ0) is 20.1. The number of carbonyl (C=O) groups is 1. The van der Waals surface area contributed by atoms with E-state index in [1.54, 1.807) is 12.5 Å². The number of benzene rings is 2. The van der Waals surface area contributed by atoms with Gasteiger partial charge in [-0.3, -0.25) is 4.79 Å². The van der Waals surface area contributed by atoms with Crippen LogP contribution < -0.4 is 10.6 Å². The predicted molar refractivity (Wildman–Crippen MR) is 115 cm³/mol. The molecule has 2 aromatic carbocycles. The Morgan fingerprint density at radius 3 is 2.66 bits per heavy atom. The molecule has 2 N–H and O–H groups in total. The van der Waals surface area contributed by atoms with E-state index in [2.05, 4.69) is 64.1 Å². The quantitative estimate of drug-likeness (QED) is 0.680. The Kier molecular flexibility index (Phi) is 6.06. The van der Waals surface area contributed by atoms with Crippen molar-refractivity contribution in [2.24, 2.45) is 7.05 Å². The van der Waals surface area contributed by atoms with Crippen molar-refractivity contribution < 1.29 is 4.79 Å². The van der Waals surface area contributed by atoms with Crippen molar-refractivity contribution in [1.82, 2.24) is 20.2 Å². The highest BCUT2D eigenvalue weighted by atomic mass is 16.1. The normalized spacial score (nSPS) is 14.7. The second kappa shape index (κ2) is 9.05. The van der Waals surface area contributed by atoms with E-state index in [9.17, 15) is 4.79 Å². The summed E-state index contributed by atoms with van der Waals surface area (Å²) in [5.74, 6) is 0.672. The lowest BCUT2D eigenvalue weighted by Crippen LogP contribution is -2.26. The van der Waals surface area contributed by atoms with Gasteiger partial charge in [-0.05, 0) is 54.1 Å². The summed E-state index contributed by atoms with van der Waals surface area (Å²) in [6.45, 7) is 2.70. The number of aromatic nitrogens is 2. The van der Waals surface area contributed by atoms with Gasteiger partial charge in [0.05, 0.1) is 25.0 Å². The fourth-order valence-corrected chi connectivity index (χ4v) is 3.93. The van der Waals surface area contributed by atoms with E-state index < -0.39 is 0 Å². The van der Waals surface area contributed by atoms with E-state index in [4.69, 9.17) is 0 Å². The number of amides is 1. The number of rotatable bonds is 6. The average molecular weight is 389 g/mol. The maximum Gasteiger partial charge on any atom is 0.224 e. The molecule has 3 aromatic rings. The van der Waals surface area contributed by atoms with Gasteiger partial charge in [0.15, 0.2) is 0 Å². The highest BCUT2D eigenvalue weighted by molar-refractivity contribution is 5.78. The van der Waals surface area contributed by atoms with Crippen LogP contribution in [0, 0.1) is 0 Å². The van der Waals surface area contributed by atoms with Gasteiger partial charge in [0.25, 0.3) is 0 Å². The second-order valence-corrected chi connectivity index (χ2v) is 7.80. The Labute approximate surface area is 172 Å². The monoisotopic (exact) mass is 388 g/mol. The smallest absolute Gasteiger partial charge is 0.224 e. The lowest BCUT2D eigenvalue weighted by molar-refractivity contribution is -0.120. The Morgan fingerprint density at radius 1 is 1.14 bits per heavy atom. The van der Waals surface area contributed by atoms with Crippen LogP contribution in [0.4, 0.5) is 0 Å². The number of carbonyl (C=O) groups excluding carboxylic acids is 1. The molecule has 0 unspecified atom stereocenters. The van der Waals surface area contributed by atoms with Gasteiger partial charge in [-0.25, -0.2) is 4.98 Å². The van der Waals surface area contributed by atoms with Crippen LogP contribution in [0.2, 0.25) is 0 Å². The Balaban J connectivity index is 1.37. The van der Waals surface area contributed by atoms with E-state index in [-0.39, 0.29) is 5.91 Å². The molecule has 1 saturated heterocycles. The molecule has 0 bridgehead atoms. The Bertz CT molecular complexity index is 955. The van der Waals surface area contributed by atoms with Crippen LogP contribution in [0.3, 0.4) is 0 Å². The van der Waals surface area contributed by atoms with Crippen LogP contribution in [0.25, 0.3) is 11.1 Å². The van der Waals surface area contributed by atoms with Gasteiger partial charge in [0.2, 0.25) is 5.91 Å². The standard InChI is InChI=1S/C24H28N4O/c1-28-17-26-15-23(28)16-27-24(29)13-18-5-7-19(8-6-18)21-3-2-4-22(14-21)20-9-11-25-12-10-20/h2-8,14-15,17,20,25H,9-13,16H2,1H3,(H,27,29). The van der Waals surface area contributed by atoms with Crippen LogP contribution in [0.1, 0.15) is 35.6 Å². The number of hydrogen-bond acceptors (Lipinski definition) is 3. The first kappa shape index (κ1) is 19.4. The summed E-state index contributed by atoms with van der Waals surface area (Å²) < 4.78 is 1.91. The highest BCUT2D eigenvalue weighted by Crippen LogP contribution is 2.29. The molecule has 0 spiro atoms. The third kappa shape index (κ3) is 4.93. The van der Waals surface area contributed by atoms with E-state index in [1.807, 2.05) is 11.6 Å². The first-order valence-electron chi connectivity index (χ1n) is 10.3. The second-order valence-electron chi connectivity index (χ2n) is 7.80. The molecule has 1 amide bonds. The van der Waals surface area contributed by atoms with Gasteiger partial charge in [-0.1, -0.05) is 48.5 Å². The van der Waals surface area contributed by atoms with Crippen molar-refractivity contribution in [3.63, 3.8) is 0 Å². The fraction of sp³-hybridized carbons (Fsp3) is 0.333. The molecule has 1 aliphatic rings. The van der Waals surface area contributed by atoms with Gasteiger partial charge in [0, 0.05) is 13.2 Å². The largest absolute Gasteiger partial charge is 0.350 e. The molecule has 0 radical (unpaired) electrons. The summed E-state index contributed by atoms with van der Waals surface area (Å²) in [6.07, 6.45) is 6.30. The molecule has 1 fully saturated rings. The Morgan fingerprint density at radius 2 is 1.93 bits per heavy atom. The van der Waals surface area contributed by atoms with E-state index in [0.29, 0.717) is 18.9 Å². The third-order valence-corrected chi connectivity index (χ3v) is 5.73. The number of nitrogens with one attached hydrogen (secondary N) is 2. The molecule has 5 heteroatoms. The highest BCUT2D eigenvalue weighted by Gasteiger charge is 2.15. The first-order chi connectivity index (χ1) is 14.2. The predicted octanol–water partition coefficient (Wildman–Crippen LogP) is 3.41. The van der Waals surface area contributed by atoms with Gasteiger partial charge < -0.3 is 15.2 Å². The number of piperidine rings is 1. The fourth-order valence-electron chi connectivity index (χ4n) is 3.93. The van der Waals surface area contributed by atoms with E-state index in [1.165, 1.54) is 29.5 Å². The van der Waals surface area contributed by atoms with Gasteiger partial charge in [-0.15, -0.1) is 0 Å². The van der Waals surface area contributed by atoms with Gasteiger partial charge in [0.1, 0.15) is 0 Å². The lowest BCUT2D eigenvalue weighted by atomic mass is 9.88. The van der Waals surface area contributed by atoms with Crippen molar-refractivity contribution in [2.45, 2.75) is 31.7 Å². The van der Waals surface area contributed by atoms with Crippen LogP contribution in [-0.4, -0.2) is 28.5 Å². The molecule has 2 heterocycles. The molecule has 150 valence electrons. The lowest BCUT2D eigenvalue weighted by Gasteiger charge is -2.23. The summed E-state index contributed by atoms with van der Waals surface area (Å²) in [5, 5.41) is 6.39. The maximum absolute atomic E-state index is 12.2. The molecule has 29 heavy (non-hydrogen) atoms. The third-order valence-electron chi connectivity index (χ3n) is 5.73. The molecule has 1 aliphatic heterocycles. The number of imidazole rings is 1. The van der Waals surface area contributed by atoms with E-state index in [0.717, 1.165) is 24.3 Å². The molecular weight excluding hydrogens is 360 g/mol. The zero-order valence-electron chi connectivity index (χ0n) is 16.9. The minimum absolute atomic E-state index is 0.0202. The Hall–Kier alpha value is -2.92. The minimum Gasteiger partial charge on any atom is -0.350 e. The number of nitrogens with zero attached hydrogens (tertiary/aromatic N) is 2. The summed E-state index contributed by atoms with van der Waals surface area (Å²) >= 11 is 0. The van der Waals surface area contributed by atoms with Crippen molar-refractivity contribution in [2.75, 3.05) is 13.1 Å². The maximum atomic E-state index is 12.2. The molecule has 0 atom stereocenters. The average Bonchev–Trinajstić information content (AvgIpc) is 3.18. The van der Waals surface area contributed by atoms with Crippen LogP contribution in [0.15, 0.2) is 61.1 Å². The summed E-state index contributed by atoms with van der Waals surface area (Å²) in [6, 6.07) is 17.2. The van der Waals surface area contributed by atoms with Crippen molar-refractivity contribution >= 4 is 5.91 Å².